The number of carbonyl (C=O) groups is 3. The molecule has 0 spiro atoms. The lowest BCUT2D eigenvalue weighted by molar-refractivity contribution is -0.141. The Morgan fingerprint density at radius 1 is 1.17 bits per heavy atom. The van der Waals surface area contributed by atoms with Crippen molar-refractivity contribution in [1.82, 2.24) is 5.32 Å². The van der Waals surface area contributed by atoms with E-state index in [4.69, 9.17) is 9.84 Å². The summed E-state index contributed by atoms with van der Waals surface area (Å²) in [6.07, 6.45) is 2.48. The molecule has 1 amide bonds. The molecule has 0 saturated carbocycles. The number of rotatable bonds is 8. The number of carboxylic acids is 1. The normalized spacial score (nSPS) is 12.2. The predicted molar refractivity (Wildman–Crippen MR) is 85.5 cm³/mol. The molecule has 0 aliphatic rings. The summed E-state index contributed by atoms with van der Waals surface area (Å²) in [5.41, 5.74) is 0.409. The molecule has 1 rings (SSSR count). The van der Waals surface area contributed by atoms with Gasteiger partial charge in [0.1, 0.15) is 11.8 Å². The first-order valence-corrected chi connectivity index (χ1v) is 7.23. The van der Waals surface area contributed by atoms with Crippen molar-refractivity contribution in [3.05, 3.63) is 42.0 Å². The van der Waals surface area contributed by atoms with Gasteiger partial charge < -0.3 is 15.2 Å². The van der Waals surface area contributed by atoms with Crippen LogP contribution < -0.4 is 10.1 Å². The number of ketones is 1. The van der Waals surface area contributed by atoms with Crippen molar-refractivity contribution in [2.45, 2.75) is 26.3 Å². The number of carboxylic acid groups (broad SMARTS) is 1. The zero-order chi connectivity index (χ0) is 17.4. The van der Waals surface area contributed by atoms with Gasteiger partial charge in [-0.3, -0.25) is 9.59 Å². The second-order valence-electron chi connectivity index (χ2n) is 5.46. The highest BCUT2D eigenvalue weighted by atomic mass is 16.5. The summed E-state index contributed by atoms with van der Waals surface area (Å²) < 4.78 is 5.00. The van der Waals surface area contributed by atoms with Crippen LogP contribution in [0.3, 0.4) is 0 Å². The van der Waals surface area contributed by atoms with Gasteiger partial charge in [0.25, 0.3) is 0 Å². The highest BCUT2D eigenvalue weighted by molar-refractivity contribution is 6.07. The van der Waals surface area contributed by atoms with Gasteiger partial charge in [-0.25, -0.2) is 4.79 Å². The zero-order valence-corrected chi connectivity index (χ0v) is 13.4. The Morgan fingerprint density at radius 2 is 1.78 bits per heavy atom. The minimum Gasteiger partial charge on any atom is -0.497 e. The molecule has 0 radical (unpaired) electrons. The van der Waals surface area contributed by atoms with Gasteiger partial charge >= 0.3 is 5.97 Å². The molecule has 1 atom stereocenters. The van der Waals surface area contributed by atoms with Gasteiger partial charge in [0.15, 0.2) is 5.78 Å². The van der Waals surface area contributed by atoms with E-state index >= 15 is 0 Å². The van der Waals surface area contributed by atoms with E-state index in [9.17, 15) is 14.4 Å². The number of hydrogen-bond donors (Lipinski definition) is 2. The quantitative estimate of drug-likeness (QED) is 0.565. The van der Waals surface area contributed by atoms with Crippen molar-refractivity contribution in [3.63, 3.8) is 0 Å². The lowest BCUT2D eigenvalue weighted by Gasteiger charge is -2.15. The van der Waals surface area contributed by atoms with E-state index in [0.717, 1.165) is 12.2 Å². The first-order chi connectivity index (χ1) is 10.8. The van der Waals surface area contributed by atoms with Crippen molar-refractivity contribution >= 4 is 17.7 Å². The molecular formula is C17H21NO5. The van der Waals surface area contributed by atoms with Gasteiger partial charge in [-0.15, -0.1) is 0 Å². The average molecular weight is 319 g/mol. The predicted octanol–water partition coefficient (Wildman–Crippen LogP) is 2.05. The minimum atomic E-state index is -1.10. The number of benzene rings is 1. The first kappa shape index (κ1) is 18.4. The van der Waals surface area contributed by atoms with Crippen molar-refractivity contribution in [1.29, 1.82) is 0 Å². The number of ether oxygens (including phenoxy) is 1. The van der Waals surface area contributed by atoms with Crippen LogP contribution in [0.4, 0.5) is 0 Å². The fraction of sp³-hybridized carbons (Fsp3) is 0.353. The highest BCUT2D eigenvalue weighted by Gasteiger charge is 2.20. The Balaban J connectivity index is 2.65. The van der Waals surface area contributed by atoms with E-state index in [2.05, 4.69) is 5.32 Å². The van der Waals surface area contributed by atoms with Crippen LogP contribution >= 0.6 is 0 Å². The smallest absolute Gasteiger partial charge is 0.326 e. The summed E-state index contributed by atoms with van der Waals surface area (Å²) in [6, 6.07) is 5.49. The fourth-order valence-corrected chi connectivity index (χ4v) is 1.92. The standard InChI is InChI=1S/C17H21NO5/c1-11(2)10-14(17(21)22)18-16(20)9-8-15(19)12-4-6-13(23-3)7-5-12/h4-9,11,14H,10H2,1-3H3,(H,18,20)(H,21,22)/b9-8+/t14-/m0/s1. The van der Waals surface area contributed by atoms with Crippen molar-refractivity contribution in [2.24, 2.45) is 5.92 Å². The highest BCUT2D eigenvalue weighted by Crippen LogP contribution is 2.12. The Morgan fingerprint density at radius 3 is 2.26 bits per heavy atom. The largest absolute Gasteiger partial charge is 0.497 e. The van der Waals surface area contributed by atoms with Gasteiger partial charge in [-0.2, -0.15) is 0 Å². The molecule has 0 saturated heterocycles. The molecule has 0 bridgehead atoms. The van der Waals surface area contributed by atoms with Gasteiger partial charge in [0.05, 0.1) is 7.11 Å². The molecule has 23 heavy (non-hydrogen) atoms. The summed E-state index contributed by atoms with van der Waals surface area (Å²) in [5, 5.41) is 11.4. The van der Waals surface area contributed by atoms with Crippen LogP contribution in [0.5, 0.6) is 5.75 Å². The molecule has 0 heterocycles. The van der Waals surface area contributed by atoms with Gasteiger partial charge in [0.2, 0.25) is 5.91 Å². The minimum absolute atomic E-state index is 0.126. The maximum atomic E-state index is 11.9. The second-order valence-corrected chi connectivity index (χ2v) is 5.46. The Bertz CT molecular complexity index is 590. The van der Waals surface area contributed by atoms with Crippen LogP contribution in [0.15, 0.2) is 36.4 Å². The van der Waals surface area contributed by atoms with Crippen molar-refractivity contribution in [3.8, 4) is 5.75 Å². The molecule has 6 nitrogen and oxygen atoms in total. The Labute approximate surface area is 135 Å². The van der Waals surface area contributed by atoms with Crippen molar-refractivity contribution < 1.29 is 24.2 Å². The molecule has 0 aliphatic carbocycles. The number of allylic oxidation sites excluding steroid dienone is 1. The third-order valence-electron chi connectivity index (χ3n) is 3.08. The molecule has 1 aromatic rings. The number of hydrogen-bond acceptors (Lipinski definition) is 4. The molecular weight excluding hydrogens is 298 g/mol. The Hall–Kier alpha value is -2.63. The maximum Gasteiger partial charge on any atom is 0.326 e. The maximum absolute atomic E-state index is 11.9. The van der Waals surface area contributed by atoms with Gasteiger partial charge in [-0.1, -0.05) is 13.8 Å². The third-order valence-corrected chi connectivity index (χ3v) is 3.08. The van der Waals surface area contributed by atoms with E-state index in [0.29, 0.717) is 17.7 Å². The van der Waals surface area contributed by atoms with E-state index < -0.39 is 17.9 Å². The van der Waals surface area contributed by atoms with Crippen LogP contribution in [0.25, 0.3) is 0 Å². The van der Waals surface area contributed by atoms with E-state index in [-0.39, 0.29) is 11.7 Å². The summed E-state index contributed by atoms with van der Waals surface area (Å²) in [6.45, 7) is 3.73. The number of amides is 1. The monoisotopic (exact) mass is 319 g/mol. The van der Waals surface area contributed by atoms with E-state index in [1.807, 2.05) is 13.8 Å². The second kappa shape index (κ2) is 8.73. The molecule has 0 aromatic heterocycles. The molecule has 0 fully saturated rings. The molecule has 1 aromatic carbocycles. The first-order valence-electron chi connectivity index (χ1n) is 7.23. The van der Waals surface area contributed by atoms with Crippen molar-refractivity contribution in [2.75, 3.05) is 7.11 Å². The molecule has 0 unspecified atom stereocenters. The van der Waals surface area contributed by atoms with Crippen LogP contribution in [0.2, 0.25) is 0 Å². The molecule has 0 aliphatic heterocycles. The lowest BCUT2D eigenvalue weighted by Crippen LogP contribution is -2.40. The average Bonchev–Trinajstić information content (AvgIpc) is 2.51. The third kappa shape index (κ3) is 6.34. The SMILES string of the molecule is COc1ccc(C(=O)/C=C/C(=O)N[C@@H](CC(C)C)C(=O)O)cc1. The van der Waals surface area contributed by atoms with Gasteiger partial charge in [0, 0.05) is 11.6 Å². The summed E-state index contributed by atoms with van der Waals surface area (Å²) in [4.78, 5) is 34.7. The lowest BCUT2D eigenvalue weighted by atomic mass is 10.0. The fourth-order valence-electron chi connectivity index (χ4n) is 1.92. The number of methoxy groups -OCH3 is 1. The van der Waals surface area contributed by atoms with Crippen LogP contribution in [0, 0.1) is 5.92 Å². The Kier molecular flexibility index (Phi) is 6.99. The number of aliphatic carboxylic acids is 1. The topological polar surface area (TPSA) is 92.7 Å². The molecule has 6 heteroatoms. The number of nitrogens with one attached hydrogen (secondary N) is 1. The van der Waals surface area contributed by atoms with Crippen LogP contribution in [0.1, 0.15) is 30.6 Å². The zero-order valence-electron chi connectivity index (χ0n) is 13.4. The number of carbonyl (C=O) groups excluding carboxylic acids is 2. The van der Waals surface area contributed by atoms with E-state index in [1.165, 1.54) is 7.11 Å². The van der Waals surface area contributed by atoms with E-state index in [1.54, 1.807) is 24.3 Å². The molecule has 124 valence electrons. The molecule has 2 N–H and O–H groups in total. The summed E-state index contributed by atoms with van der Waals surface area (Å²) in [5.74, 6) is -1.30. The summed E-state index contributed by atoms with van der Waals surface area (Å²) in [7, 11) is 1.52. The summed E-state index contributed by atoms with van der Waals surface area (Å²) >= 11 is 0. The van der Waals surface area contributed by atoms with Crippen LogP contribution in [-0.2, 0) is 9.59 Å². The van der Waals surface area contributed by atoms with Crippen LogP contribution in [-0.4, -0.2) is 35.9 Å². The van der Waals surface area contributed by atoms with Gasteiger partial charge in [-0.05, 0) is 42.7 Å².